The van der Waals surface area contributed by atoms with Gasteiger partial charge in [0.25, 0.3) is 5.69 Å². The molecule has 0 atom stereocenters. The Morgan fingerprint density at radius 3 is 2.58 bits per heavy atom. The molecule has 0 unspecified atom stereocenters. The van der Waals surface area contributed by atoms with Crippen LogP contribution in [0.25, 0.3) is 0 Å². The molecule has 10 heteroatoms. The number of aryl methyl sites for hydroxylation is 1. The Labute approximate surface area is 143 Å². The second-order valence-corrected chi connectivity index (χ2v) is 8.37. The number of hydrogen-bond acceptors (Lipinski definition) is 6. The molecule has 1 aromatic carbocycles. The van der Waals surface area contributed by atoms with Gasteiger partial charge in [0.15, 0.2) is 5.16 Å². The van der Waals surface area contributed by atoms with Gasteiger partial charge in [-0.1, -0.05) is 0 Å². The summed E-state index contributed by atoms with van der Waals surface area (Å²) in [6.07, 6.45) is 4.96. The van der Waals surface area contributed by atoms with Crippen molar-refractivity contribution in [3.63, 3.8) is 0 Å². The lowest BCUT2D eigenvalue weighted by atomic mass is 10.3. The van der Waals surface area contributed by atoms with E-state index in [-0.39, 0.29) is 10.6 Å². The fourth-order valence-electron chi connectivity index (χ4n) is 2.51. The van der Waals surface area contributed by atoms with Crippen LogP contribution in [0.15, 0.2) is 45.5 Å². The minimum Gasteiger partial charge on any atom is -0.329 e. The third-order valence-corrected chi connectivity index (χ3v) is 6.84. The molecule has 8 nitrogen and oxygen atoms in total. The first-order chi connectivity index (χ1) is 11.4. The van der Waals surface area contributed by atoms with E-state index < -0.39 is 14.9 Å². The van der Waals surface area contributed by atoms with Gasteiger partial charge in [-0.25, -0.2) is 13.4 Å². The Morgan fingerprint density at radius 1 is 1.29 bits per heavy atom. The molecule has 1 fully saturated rings. The quantitative estimate of drug-likeness (QED) is 0.593. The number of nitrogens with zero attached hydrogens (tertiary/aromatic N) is 4. The second-order valence-electron chi connectivity index (χ2n) is 5.42. The first-order valence-corrected chi connectivity index (χ1v) is 9.59. The Hall–Kier alpha value is -1.91. The van der Waals surface area contributed by atoms with Crippen LogP contribution < -0.4 is 0 Å². The summed E-state index contributed by atoms with van der Waals surface area (Å²) in [6, 6.07) is 4.03. The van der Waals surface area contributed by atoms with E-state index in [1.165, 1.54) is 16.4 Å². The fraction of sp³-hybridized carbons (Fsp3) is 0.357. The molecule has 1 aliphatic heterocycles. The lowest BCUT2D eigenvalue weighted by Gasteiger charge is -2.15. The van der Waals surface area contributed by atoms with Crippen LogP contribution in [0.1, 0.15) is 12.8 Å². The standard InChI is InChI=1S/C14H16N4O4S2/c1-16-9-6-15-14(16)23-13-5-4-11(10-12(13)18(19)20)24(21,22)17-7-2-3-8-17/h4-6,9-10H,2-3,7-8H2,1H3. The van der Waals surface area contributed by atoms with Gasteiger partial charge in [0, 0.05) is 38.6 Å². The number of nitro groups is 1. The van der Waals surface area contributed by atoms with Gasteiger partial charge in [0.05, 0.1) is 14.7 Å². The molecule has 1 aromatic heterocycles. The van der Waals surface area contributed by atoms with E-state index >= 15 is 0 Å². The topological polar surface area (TPSA) is 98.3 Å². The van der Waals surface area contributed by atoms with Crippen LogP contribution in [-0.4, -0.2) is 40.3 Å². The number of nitro benzene ring substituents is 1. The maximum absolute atomic E-state index is 12.6. The monoisotopic (exact) mass is 368 g/mol. The van der Waals surface area contributed by atoms with E-state index in [1.54, 1.807) is 24.0 Å². The van der Waals surface area contributed by atoms with Gasteiger partial charge in [0.2, 0.25) is 10.0 Å². The molecule has 0 bridgehead atoms. The Kier molecular flexibility index (Phi) is 4.61. The summed E-state index contributed by atoms with van der Waals surface area (Å²) in [5.41, 5.74) is -0.233. The van der Waals surface area contributed by atoms with Crippen LogP contribution in [0.2, 0.25) is 0 Å². The van der Waals surface area contributed by atoms with E-state index in [1.807, 2.05) is 0 Å². The first-order valence-electron chi connectivity index (χ1n) is 7.33. The van der Waals surface area contributed by atoms with Crippen LogP contribution in [0.5, 0.6) is 0 Å². The van der Waals surface area contributed by atoms with Crippen LogP contribution >= 0.6 is 11.8 Å². The Bertz CT molecular complexity index is 873. The van der Waals surface area contributed by atoms with Gasteiger partial charge in [-0.15, -0.1) is 0 Å². The number of hydrogen-bond donors (Lipinski definition) is 0. The van der Waals surface area contributed by atoms with Gasteiger partial charge in [0.1, 0.15) is 0 Å². The highest BCUT2D eigenvalue weighted by atomic mass is 32.2. The number of sulfonamides is 1. The summed E-state index contributed by atoms with van der Waals surface area (Å²) in [4.78, 5) is 15.3. The number of rotatable bonds is 5. The summed E-state index contributed by atoms with van der Waals surface area (Å²) >= 11 is 1.13. The van der Waals surface area contributed by atoms with E-state index in [0.29, 0.717) is 23.1 Å². The molecular formula is C14H16N4O4S2. The van der Waals surface area contributed by atoms with Crippen LogP contribution in [0.3, 0.4) is 0 Å². The van der Waals surface area contributed by atoms with Gasteiger partial charge in [-0.2, -0.15) is 4.31 Å². The molecule has 1 aliphatic rings. The Balaban J connectivity index is 1.98. The van der Waals surface area contributed by atoms with Crippen molar-refractivity contribution in [2.45, 2.75) is 27.8 Å². The predicted molar refractivity (Wildman–Crippen MR) is 88.4 cm³/mol. The van der Waals surface area contributed by atoms with Crippen molar-refractivity contribution in [1.82, 2.24) is 13.9 Å². The molecule has 0 aliphatic carbocycles. The van der Waals surface area contributed by atoms with Crippen molar-refractivity contribution in [2.24, 2.45) is 7.05 Å². The van der Waals surface area contributed by atoms with E-state index in [9.17, 15) is 18.5 Å². The second kappa shape index (κ2) is 6.54. The first kappa shape index (κ1) is 16.9. The fourth-order valence-corrected chi connectivity index (χ4v) is 4.94. The average Bonchev–Trinajstić information content (AvgIpc) is 3.20. The van der Waals surface area contributed by atoms with Crippen molar-refractivity contribution in [2.75, 3.05) is 13.1 Å². The number of aromatic nitrogens is 2. The molecule has 24 heavy (non-hydrogen) atoms. The van der Waals surface area contributed by atoms with Gasteiger partial charge in [-0.05, 0) is 36.7 Å². The largest absolute Gasteiger partial charge is 0.329 e. The number of imidazole rings is 1. The maximum Gasteiger partial charge on any atom is 0.284 e. The smallest absolute Gasteiger partial charge is 0.284 e. The summed E-state index contributed by atoms with van der Waals surface area (Å²) < 4.78 is 28.3. The lowest BCUT2D eigenvalue weighted by molar-refractivity contribution is -0.388. The van der Waals surface area contributed by atoms with E-state index in [2.05, 4.69) is 4.98 Å². The molecule has 2 aromatic rings. The molecule has 0 saturated carbocycles. The lowest BCUT2D eigenvalue weighted by Crippen LogP contribution is -2.27. The third kappa shape index (κ3) is 3.17. The Morgan fingerprint density at radius 2 is 2.00 bits per heavy atom. The minimum absolute atomic E-state index is 0.0414. The van der Waals surface area contributed by atoms with Crippen molar-refractivity contribution in [3.8, 4) is 0 Å². The molecule has 0 amide bonds. The molecule has 128 valence electrons. The van der Waals surface area contributed by atoms with Crippen molar-refractivity contribution < 1.29 is 13.3 Å². The van der Waals surface area contributed by atoms with Gasteiger partial charge in [-0.3, -0.25) is 10.1 Å². The molecule has 0 spiro atoms. The molecule has 1 saturated heterocycles. The van der Waals surface area contributed by atoms with Crippen LogP contribution in [0, 0.1) is 10.1 Å². The highest BCUT2D eigenvalue weighted by molar-refractivity contribution is 7.99. The molecule has 0 radical (unpaired) electrons. The van der Waals surface area contributed by atoms with Gasteiger partial charge < -0.3 is 4.57 Å². The zero-order chi connectivity index (χ0) is 17.3. The average molecular weight is 368 g/mol. The highest BCUT2D eigenvalue weighted by Gasteiger charge is 2.29. The molecular weight excluding hydrogens is 352 g/mol. The minimum atomic E-state index is -3.68. The SMILES string of the molecule is Cn1ccnc1Sc1ccc(S(=O)(=O)N2CCCC2)cc1[N+](=O)[O-]. The summed E-state index contributed by atoms with van der Waals surface area (Å²) in [7, 11) is -1.90. The highest BCUT2D eigenvalue weighted by Crippen LogP contribution is 2.36. The van der Waals surface area contributed by atoms with Crippen LogP contribution in [0.4, 0.5) is 5.69 Å². The normalized spacial score (nSPS) is 15.7. The zero-order valence-corrected chi connectivity index (χ0v) is 14.6. The third-order valence-electron chi connectivity index (χ3n) is 3.81. The van der Waals surface area contributed by atoms with Gasteiger partial charge >= 0.3 is 0 Å². The van der Waals surface area contributed by atoms with Crippen molar-refractivity contribution in [3.05, 3.63) is 40.7 Å². The number of benzene rings is 1. The van der Waals surface area contributed by atoms with Crippen molar-refractivity contribution >= 4 is 27.5 Å². The zero-order valence-electron chi connectivity index (χ0n) is 13.0. The summed E-state index contributed by atoms with van der Waals surface area (Å²) in [6.45, 7) is 0.916. The molecule has 3 rings (SSSR count). The van der Waals surface area contributed by atoms with E-state index in [4.69, 9.17) is 0 Å². The molecule has 0 N–H and O–H groups in total. The predicted octanol–water partition coefficient (Wildman–Crippen LogP) is 2.26. The van der Waals surface area contributed by atoms with Crippen LogP contribution in [-0.2, 0) is 17.1 Å². The summed E-state index contributed by atoms with van der Waals surface area (Å²) in [5.74, 6) is 0. The maximum atomic E-state index is 12.6. The summed E-state index contributed by atoms with van der Waals surface area (Å²) in [5, 5.41) is 12.0. The van der Waals surface area contributed by atoms with E-state index in [0.717, 1.165) is 30.7 Å². The van der Waals surface area contributed by atoms with Crippen molar-refractivity contribution in [1.29, 1.82) is 0 Å². The molecule has 2 heterocycles.